The minimum absolute atomic E-state index is 0.433. The van der Waals surface area contributed by atoms with Gasteiger partial charge in [0.15, 0.2) is 0 Å². The Balaban J connectivity index is 3.16. The van der Waals surface area contributed by atoms with E-state index in [1.165, 1.54) is 5.56 Å². The van der Waals surface area contributed by atoms with Crippen molar-refractivity contribution in [1.29, 1.82) is 0 Å². The molecule has 0 heterocycles. The number of rotatable bonds is 3. The molecule has 70 valence electrons. The van der Waals surface area contributed by atoms with Crippen molar-refractivity contribution in [3.63, 3.8) is 0 Å². The highest BCUT2D eigenvalue weighted by Gasteiger charge is 2.07. The molecule has 1 aromatic carbocycles. The van der Waals surface area contributed by atoms with Crippen molar-refractivity contribution >= 4 is 12.1 Å². The summed E-state index contributed by atoms with van der Waals surface area (Å²) in [6, 6.07) is 6.06. The van der Waals surface area contributed by atoms with Crippen LogP contribution in [0.1, 0.15) is 30.9 Å². The molecule has 1 rings (SSSR count). The first kappa shape index (κ1) is 9.78. The minimum atomic E-state index is 0.433. The average Bonchev–Trinajstić information content (AvgIpc) is 2.08. The smallest absolute Gasteiger partial charge is 0.211 e. The first-order chi connectivity index (χ1) is 6.16. The Kier molecular flexibility index (Phi) is 3.07. The predicted octanol–water partition coefficient (Wildman–Crippen LogP) is 2.69. The van der Waals surface area contributed by atoms with Crippen molar-refractivity contribution in [1.82, 2.24) is 0 Å². The second-order valence-corrected chi connectivity index (χ2v) is 3.46. The van der Waals surface area contributed by atoms with Crippen LogP contribution in [0.4, 0.5) is 5.69 Å². The van der Waals surface area contributed by atoms with Crippen LogP contribution in [-0.2, 0) is 4.79 Å². The van der Waals surface area contributed by atoms with Gasteiger partial charge in [-0.05, 0) is 24.0 Å². The van der Waals surface area contributed by atoms with Gasteiger partial charge in [-0.25, -0.2) is 0 Å². The number of aryl methyl sites for hydroxylation is 1. The lowest BCUT2D eigenvalue weighted by Gasteiger charge is -2.13. The van der Waals surface area contributed by atoms with Crippen LogP contribution in [0.2, 0.25) is 0 Å². The van der Waals surface area contributed by atoms with Crippen molar-refractivity contribution in [2.45, 2.75) is 26.7 Å². The fourth-order valence-corrected chi connectivity index (χ4v) is 1.43. The van der Waals surface area contributed by atoms with Gasteiger partial charge in [-0.3, -0.25) is 4.79 Å². The maximum Gasteiger partial charge on any atom is 0.211 e. The maximum absolute atomic E-state index is 10.4. The third kappa shape index (κ3) is 2.08. The van der Waals surface area contributed by atoms with Gasteiger partial charge in [-0.15, -0.1) is 0 Å². The van der Waals surface area contributed by atoms with Crippen molar-refractivity contribution in [2.24, 2.45) is 0 Å². The van der Waals surface area contributed by atoms with Crippen LogP contribution in [0, 0.1) is 6.92 Å². The number of nitrogens with one attached hydrogen (secondary N) is 1. The molecule has 1 N–H and O–H groups in total. The van der Waals surface area contributed by atoms with Crippen LogP contribution in [0.5, 0.6) is 0 Å². The Hall–Kier alpha value is -1.31. The highest BCUT2D eigenvalue weighted by molar-refractivity contribution is 5.76. The van der Waals surface area contributed by atoms with Crippen molar-refractivity contribution in [3.05, 3.63) is 29.3 Å². The number of hydrogen-bond donors (Lipinski definition) is 1. The SMILES string of the molecule is Cc1cccc(C(C)C)c1NC=O. The van der Waals surface area contributed by atoms with E-state index in [0.29, 0.717) is 5.92 Å². The lowest BCUT2D eigenvalue weighted by molar-refractivity contribution is -0.105. The third-order valence-electron chi connectivity index (χ3n) is 2.13. The topological polar surface area (TPSA) is 29.1 Å². The Bertz CT molecular complexity index is 305. The standard InChI is InChI=1S/C11H15NO/c1-8(2)10-6-4-5-9(3)11(10)12-7-13/h4-8H,1-3H3,(H,12,13). The summed E-state index contributed by atoms with van der Waals surface area (Å²) in [5.74, 6) is 0.433. The third-order valence-corrected chi connectivity index (χ3v) is 2.13. The molecule has 0 aliphatic rings. The number of benzene rings is 1. The summed E-state index contributed by atoms with van der Waals surface area (Å²) in [4.78, 5) is 10.4. The van der Waals surface area contributed by atoms with E-state index in [1.54, 1.807) is 0 Å². The minimum Gasteiger partial charge on any atom is -0.328 e. The van der Waals surface area contributed by atoms with Gasteiger partial charge in [0.25, 0.3) is 0 Å². The molecule has 0 aliphatic heterocycles. The van der Waals surface area contributed by atoms with Crippen molar-refractivity contribution in [3.8, 4) is 0 Å². The van der Waals surface area contributed by atoms with Gasteiger partial charge in [0.1, 0.15) is 0 Å². The summed E-state index contributed by atoms with van der Waals surface area (Å²) in [5.41, 5.74) is 3.25. The number of para-hydroxylation sites is 1. The molecule has 0 saturated carbocycles. The van der Waals surface area contributed by atoms with E-state index < -0.39 is 0 Å². The molecular formula is C11H15NO. The van der Waals surface area contributed by atoms with Gasteiger partial charge in [0.2, 0.25) is 6.41 Å². The van der Waals surface area contributed by atoms with E-state index in [4.69, 9.17) is 0 Å². The molecule has 2 nitrogen and oxygen atoms in total. The molecule has 2 heteroatoms. The Morgan fingerprint density at radius 2 is 2.08 bits per heavy atom. The Morgan fingerprint density at radius 1 is 1.38 bits per heavy atom. The second kappa shape index (κ2) is 4.08. The summed E-state index contributed by atoms with van der Waals surface area (Å²) < 4.78 is 0. The van der Waals surface area contributed by atoms with E-state index in [1.807, 2.05) is 25.1 Å². The molecule has 0 radical (unpaired) electrons. The molecule has 0 saturated heterocycles. The fourth-order valence-electron chi connectivity index (χ4n) is 1.43. The van der Waals surface area contributed by atoms with Crippen LogP contribution >= 0.6 is 0 Å². The molecule has 1 amide bonds. The number of amides is 1. The van der Waals surface area contributed by atoms with Crippen LogP contribution in [0.25, 0.3) is 0 Å². The van der Waals surface area contributed by atoms with Gasteiger partial charge >= 0.3 is 0 Å². The highest BCUT2D eigenvalue weighted by Crippen LogP contribution is 2.26. The molecule has 0 aromatic heterocycles. The van der Waals surface area contributed by atoms with Crippen LogP contribution in [0.3, 0.4) is 0 Å². The highest BCUT2D eigenvalue weighted by atomic mass is 16.1. The normalized spacial score (nSPS) is 10.2. The largest absolute Gasteiger partial charge is 0.328 e. The summed E-state index contributed by atoms with van der Waals surface area (Å²) in [6.07, 6.45) is 0.730. The molecule has 13 heavy (non-hydrogen) atoms. The van der Waals surface area contributed by atoms with Crippen LogP contribution in [-0.4, -0.2) is 6.41 Å². The molecule has 0 bridgehead atoms. The Labute approximate surface area is 79.0 Å². The fraction of sp³-hybridized carbons (Fsp3) is 0.364. The zero-order chi connectivity index (χ0) is 9.84. The van der Waals surface area contributed by atoms with E-state index in [-0.39, 0.29) is 0 Å². The monoisotopic (exact) mass is 177 g/mol. The number of anilines is 1. The predicted molar refractivity (Wildman–Crippen MR) is 55.0 cm³/mol. The quantitative estimate of drug-likeness (QED) is 0.706. The van der Waals surface area contributed by atoms with Gasteiger partial charge in [0, 0.05) is 5.69 Å². The summed E-state index contributed by atoms with van der Waals surface area (Å²) in [6.45, 7) is 6.23. The van der Waals surface area contributed by atoms with E-state index in [0.717, 1.165) is 17.7 Å². The second-order valence-electron chi connectivity index (χ2n) is 3.46. The molecule has 0 fully saturated rings. The molecular weight excluding hydrogens is 162 g/mol. The van der Waals surface area contributed by atoms with E-state index in [2.05, 4.69) is 19.2 Å². The molecule has 0 aliphatic carbocycles. The molecule has 1 aromatic rings. The van der Waals surface area contributed by atoms with Crippen molar-refractivity contribution in [2.75, 3.05) is 5.32 Å². The Morgan fingerprint density at radius 3 is 2.62 bits per heavy atom. The molecule has 0 atom stereocenters. The zero-order valence-corrected chi connectivity index (χ0v) is 8.29. The van der Waals surface area contributed by atoms with Gasteiger partial charge < -0.3 is 5.32 Å². The van der Waals surface area contributed by atoms with Gasteiger partial charge in [-0.1, -0.05) is 32.0 Å². The summed E-state index contributed by atoms with van der Waals surface area (Å²) >= 11 is 0. The van der Waals surface area contributed by atoms with Gasteiger partial charge in [0.05, 0.1) is 0 Å². The molecule has 0 unspecified atom stereocenters. The molecule has 0 spiro atoms. The summed E-state index contributed by atoms with van der Waals surface area (Å²) in [7, 11) is 0. The lowest BCUT2D eigenvalue weighted by Crippen LogP contribution is -2.02. The van der Waals surface area contributed by atoms with E-state index in [9.17, 15) is 4.79 Å². The van der Waals surface area contributed by atoms with Crippen LogP contribution < -0.4 is 5.32 Å². The van der Waals surface area contributed by atoms with E-state index >= 15 is 0 Å². The zero-order valence-electron chi connectivity index (χ0n) is 8.29. The first-order valence-corrected chi connectivity index (χ1v) is 4.46. The van der Waals surface area contributed by atoms with Crippen molar-refractivity contribution < 1.29 is 4.79 Å². The summed E-state index contributed by atoms with van der Waals surface area (Å²) in [5, 5.41) is 2.75. The number of hydrogen-bond acceptors (Lipinski definition) is 1. The maximum atomic E-state index is 10.4. The number of carbonyl (C=O) groups is 1. The van der Waals surface area contributed by atoms with Gasteiger partial charge in [-0.2, -0.15) is 0 Å². The first-order valence-electron chi connectivity index (χ1n) is 4.46. The number of carbonyl (C=O) groups excluding carboxylic acids is 1. The lowest BCUT2D eigenvalue weighted by atomic mass is 9.98. The average molecular weight is 177 g/mol. The van der Waals surface area contributed by atoms with Crippen LogP contribution in [0.15, 0.2) is 18.2 Å².